The number of rotatable bonds is 6. The molecule has 2 fully saturated rings. The zero-order valence-corrected chi connectivity index (χ0v) is 18.2. The monoisotopic (exact) mass is 454 g/mol. The van der Waals surface area contributed by atoms with Crippen molar-refractivity contribution < 1.29 is 0 Å². The molecule has 0 aromatic rings. The van der Waals surface area contributed by atoms with Crippen molar-refractivity contribution >= 4 is 41.7 Å². The van der Waals surface area contributed by atoms with Gasteiger partial charge in [-0.15, -0.1) is 24.0 Å². The number of aliphatic imine (C=N–C) groups is 1. The molecule has 23 heavy (non-hydrogen) atoms. The molecule has 0 spiro atoms. The number of likely N-dealkylation sites (tertiary alicyclic amines) is 1. The Morgan fingerprint density at radius 3 is 2.57 bits per heavy atom. The highest BCUT2D eigenvalue weighted by Gasteiger charge is 2.24. The lowest BCUT2D eigenvalue weighted by molar-refractivity contribution is 0.214. The van der Waals surface area contributed by atoms with E-state index in [-0.39, 0.29) is 24.0 Å². The molecule has 1 heterocycles. The number of piperidine rings is 1. The van der Waals surface area contributed by atoms with Gasteiger partial charge in [0.15, 0.2) is 5.96 Å². The Bertz CT molecular complexity index is 345. The molecule has 2 N–H and O–H groups in total. The lowest BCUT2D eigenvalue weighted by Gasteiger charge is -2.28. The van der Waals surface area contributed by atoms with E-state index in [4.69, 9.17) is 4.99 Å². The summed E-state index contributed by atoms with van der Waals surface area (Å²) in [7, 11) is 2.23. The topological polar surface area (TPSA) is 39.7 Å². The Kier molecular flexibility index (Phi) is 10.9. The van der Waals surface area contributed by atoms with Crippen molar-refractivity contribution in [3.8, 4) is 0 Å². The second-order valence-corrected chi connectivity index (χ2v) is 7.95. The number of thioether (sulfide) groups is 1. The van der Waals surface area contributed by atoms with Crippen molar-refractivity contribution in [3.63, 3.8) is 0 Å². The average Bonchev–Trinajstić information content (AvgIpc) is 2.97. The summed E-state index contributed by atoms with van der Waals surface area (Å²) in [5.74, 6) is 1.90. The first kappa shape index (κ1) is 21.4. The second kappa shape index (κ2) is 11.8. The molecule has 0 aromatic carbocycles. The van der Waals surface area contributed by atoms with Crippen molar-refractivity contribution in [2.45, 2.75) is 56.7 Å². The maximum atomic E-state index is 4.81. The molecule has 2 unspecified atom stereocenters. The minimum absolute atomic E-state index is 0. The molecule has 0 amide bonds. The molecular weight excluding hydrogens is 419 g/mol. The van der Waals surface area contributed by atoms with Crippen LogP contribution in [0.4, 0.5) is 0 Å². The van der Waals surface area contributed by atoms with E-state index in [0.717, 1.165) is 30.2 Å². The van der Waals surface area contributed by atoms with Crippen molar-refractivity contribution in [2.24, 2.45) is 10.9 Å². The Morgan fingerprint density at radius 1 is 1.22 bits per heavy atom. The lowest BCUT2D eigenvalue weighted by atomic mass is 9.94. The zero-order chi connectivity index (χ0) is 15.8. The van der Waals surface area contributed by atoms with Gasteiger partial charge in [0.2, 0.25) is 0 Å². The summed E-state index contributed by atoms with van der Waals surface area (Å²) in [5.41, 5.74) is 0. The summed E-state index contributed by atoms with van der Waals surface area (Å²) in [4.78, 5) is 7.25. The maximum Gasteiger partial charge on any atom is 0.191 e. The fraction of sp³-hybridized carbons (Fsp3) is 0.941. The third kappa shape index (κ3) is 7.82. The van der Waals surface area contributed by atoms with Crippen LogP contribution in [-0.4, -0.2) is 61.6 Å². The minimum Gasteiger partial charge on any atom is -0.357 e. The standard InChI is InChI=1S/C17H34N4S.HI/c1-4-18-17(20-15-5-6-16(13-15)22-3)19-10-7-14-8-11-21(2)12-9-14;/h14-16H,4-13H2,1-3H3,(H2,18,19,20);1H. The van der Waals surface area contributed by atoms with Gasteiger partial charge in [0.1, 0.15) is 0 Å². The SMILES string of the molecule is CCNC(=NCCC1CCN(C)CC1)NC1CCC(SC)C1.I. The summed E-state index contributed by atoms with van der Waals surface area (Å²) < 4.78 is 0. The van der Waals surface area contributed by atoms with E-state index in [1.54, 1.807) is 0 Å². The highest BCUT2D eigenvalue weighted by Crippen LogP contribution is 2.28. The Hall–Kier alpha value is 0.310. The molecule has 1 saturated carbocycles. The van der Waals surface area contributed by atoms with Crippen LogP contribution in [-0.2, 0) is 0 Å². The van der Waals surface area contributed by atoms with Crippen LogP contribution >= 0.6 is 35.7 Å². The molecule has 136 valence electrons. The number of nitrogens with zero attached hydrogens (tertiary/aromatic N) is 2. The van der Waals surface area contributed by atoms with Crippen LogP contribution in [0.1, 0.15) is 45.4 Å². The Balaban J connectivity index is 0.00000264. The summed E-state index contributed by atoms with van der Waals surface area (Å²) in [5, 5.41) is 7.89. The molecule has 1 aliphatic carbocycles. The number of guanidine groups is 1. The van der Waals surface area contributed by atoms with E-state index in [1.165, 1.54) is 51.6 Å². The third-order valence-corrected chi connectivity index (χ3v) is 6.14. The molecule has 2 aliphatic rings. The second-order valence-electron chi connectivity index (χ2n) is 6.81. The fourth-order valence-electron chi connectivity index (χ4n) is 3.51. The van der Waals surface area contributed by atoms with Gasteiger partial charge in [-0.1, -0.05) is 0 Å². The van der Waals surface area contributed by atoms with Crippen LogP contribution in [0.2, 0.25) is 0 Å². The summed E-state index contributed by atoms with van der Waals surface area (Å²) in [6.45, 7) is 6.56. The van der Waals surface area contributed by atoms with Crippen LogP contribution < -0.4 is 10.6 Å². The quantitative estimate of drug-likeness (QED) is 0.368. The first-order valence-corrected chi connectivity index (χ1v) is 10.3. The van der Waals surface area contributed by atoms with E-state index in [0.29, 0.717) is 6.04 Å². The van der Waals surface area contributed by atoms with Crippen LogP contribution in [0.5, 0.6) is 0 Å². The van der Waals surface area contributed by atoms with Gasteiger partial charge in [0.05, 0.1) is 0 Å². The molecule has 0 aromatic heterocycles. The first-order chi connectivity index (χ1) is 10.7. The van der Waals surface area contributed by atoms with E-state index in [2.05, 4.69) is 35.8 Å². The van der Waals surface area contributed by atoms with Gasteiger partial charge in [-0.05, 0) is 77.8 Å². The summed E-state index contributed by atoms with van der Waals surface area (Å²) >= 11 is 2.01. The third-order valence-electron chi connectivity index (χ3n) is 5.05. The van der Waals surface area contributed by atoms with Crippen molar-refractivity contribution in [2.75, 3.05) is 39.5 Å². The smallest absolute Gasteiger partial charge is 0.191 e. The normalized spacial score (nSPS) is 26.8. The molecule has 0 bridgehead atoms. The van der Waals surface area contributed by atoms with Crippen molar-refractivity contribution in [1.82, 2.24) is 15.5 Å². The highest BCUT2D eigenvalue weighted by atomic mass is 127. The molecule has 2 atom stereocenters. The predicted octanol–water partition coefficient (Wildman–Crippen LogP) is 3.18. The largest absolute Gasteiger partial charge is 0.357 e. The molecule has 0 radical (unpaired) electrons. The molecule has 1 saturated heterocycles. The minimum atomic E-state index is 0. The van der Waals surface area contributed by atoms with Crippen LogP contribution in [0.15, 0.2) is 4.99 Å². The lowest BCUT2D eigenvalue weighted by Crippen LogP contribution is -2.42. The molecule has 1 aliphatic heterocycles. The fourth-order valence-corrected chi connectivity index (χ4v) is 4.30. The summed E-state index contributed by atoms with van der Waals surface area (Å²) in [6, 6.07) is 0.610. The highest BCUT2D eigenvalue weighted by molar-refractivity contribution is 14.0. The van der Waals surface area contributed by atoms with Gasteiger partial charge in [-0.3, -0.25) is 4.99 Å². The van der Waals surface area contributed by atoms with Crippen LogP contribution in [0, 0.1) is 5.92 Å². The zero-order valence-electron chi connectivity index (χ0n) is 15.0. The number of nitrogens with one attached hydrogen (secondary N) is 2. The van der Waals surface area contributed by atoms with Gasteiger partial charge < -0.3 is 15.5 Å². The van der Waals surface area contributed by atoms with Crippen molar-refractivity contribution in [3.05, 3.63) is 0 Å². The molecule has 4 nitrogen and oxygen atoms in total. The van der Waals surface area contributed by atoms with Crippen LogP contribution in [0.25, 0.3) is 0 Å². The van der Waals surface area contributed by atoms with Gasteiger partial charge in [0, 0.05) is 24.4 Å². The predicted molar refractivity (Wildman–Crippen MR) is 114 cm³/mol. The van der Waals surface area contributed by atoms with E-state index >= 15 is 0 Å². The van der Waals surface area contributed by atoms with Gasteiger partial charge >= 0.3 is 0 Å². The van der Waals surface area contributed by atoms with E-state index < -0.39 is 0 Å². The number of halogens is 1. The number of hydrogen-bond acceptors (Lipinski definition) is 3. The Morgan fingerprint density at radius 2 is 1.96 bits per heavy atom. The van der Waals surface area contributed by atoms with E-state index in [9.17, 15) is 0 Å². The summed E-state index contributed by atoms with van der Waals surface area (Å²) in [6.07, 6.45) is 10.1. The van der Waals surface area contributed by atoms with Crippen molar-refractivity contribution in [1.29, 1.82) is 0 Å². The number of hydrogen-bond donors (Lipinski definition) is 2. The van der Waals surface area contributed by atoms with Gasteiger partial charge in [-0.25, -0.2) is 0 Å². The Labute approximate surface area is 164 Å². The first-order valence-electron chi connectivity index (χ1n) is 8.97. The molecular formula is C17H35IN4S. The molecule has 2 rings (SSSR count). The van der Waals surface area contributed by atoms with Gasteiger partial charge in [-0.2, -0.15) is 11.8 Å². The van der Waals surface area contributed by atoms with Crippen LogP contribution in [0.3, 0.4) is 0 Å². The van der Waals surface area contributed by atoms with Gasteiger partial charge in [0.25, 0.3) is 0 Å². The van der Waals surface area contributed by atoms with E-state index in [1.807, 2.05) is 11.8 Å². The maximum absolute atomic E-state index is 4.81. The average molecular weight is 454 g/mol. The molecule has 6 heteroatoms.